The van der Waals surface area contributed by atoms with Gasteiger partial charge in [-0.3, -0.25) is 30.4 Å². The predicted molar refractivity (Wildman–Crippen MR) is 129 cm³/mol. The lowest BCUT2D eigenvalue weighted by molar-refractivity contribution is -2.00. The summed E-state index contributed by atoms with van der Waals surface area (Å²) < 4.78 is 71.4. The number of rotatable bonds is 9. The SMILES string of the molecule is CN(C)/C=C(/C=[N+](C)C)c1n[nH]c(-c2[nH]nc(/C(C=[N+](C)C)=C\N(C)C)c2[N+](=O)[O-])c1[N+](=O)[O-].[O-][Cl+3]([O-])([O-])[O-].[O-][Cl+3]([O-])([O-])[O-]. The molecular weight excluding hydrogens is 643 g/mol. The summed E-state index contributed by atoms with van der Waals surface area (Å²) >= 11 is 0. The number of nitrogens with one attached hydrogen (secondary N) is 2. The minimum Gasteiger partial charge on any atom is -0.383 e. The van der Waals surface area contributed by atoms with Crippen molar-refractivity contribution in [1.29, 1.82) is 0 Å². The third-order valence-corrected chi connectivity index (χ3v) is 4.23. The van der Waals surface area contributed by atoms with Crippen molar-refractivity contribution in [2.45, 2.75) is 0 Å². The summed E-state index contributed by atoms with van der Waals surface area (Å²) in [5, 5.41) is 37.7. The largest absolute Gasteiger partial charge is 0.383 e. The fourth-order valence-electron chi connectivity index (χ4n) is 3.20. The van der Waals surface area contributed by atoms with Gasteiger partial charge in [-0.25, -0.2) is 46.4 Å². The van der Waals surface area contributed by atoms with Crippen molar-refractivity contribution in [3.05, 3.63) is 44.0 Å². The summed E-state index contributed by atoms with van der Waals surface area (Å²) in [5.74, 6) is 0. The first-order valence-corrected chi connectivity index (χ1v) is 13.8. The highest BCUT2D eigenvalue weighted by Crippen LogP contribution is 2.39. The van der Waals surface area contributed by atoms with Crippen molar-refractivity contribution in [2.75, 3.05) is 56.4 Å². The molecule has 0 saturated heterocycles. The molecule has 2 N–H and O–H groups in total. The molecule has 44 heavy (non-hydrogen) atoms. The molecule has 0 amide bonds. The number of nitrogens with zero attached hydrogens (tertiary/aromatic N) is 8. The number of hydrogen-bond acceptors (Lipinski definition) is 16. The minimum atomic E-state index is -4.94. The number of aromatic nitrogens is 4. The Balaban J connectivity index is 0.00000159. The Hall–Kier alpha value is -4.10. The van der Waals surface area contributed by atoms with Crippen LogP contribution in [0.5, 0.6) is 0 Å². The lowest BCUT2D eigenvalue weighted by Gasteiger charge is -2.17. The lowest BCUT2D eigenvalue weighted by Crippen LogP contribution is -2.68. The van der Waals surface area contributed by atoms with Crippen LogP contribution in [-0.2, 0) is 0 Å². The Morgan fingerprint density at radius 3 is 1.07 bits per heavy atom. The number of halogens is 2. The van der Waals surface area contributed by atoms with Gasteiger partial charge < -0.3 is 9.80 Å². The predicted octanol–water partition coefficient (Wildman–Crippen LogP) is -8.41. The molecule has 0 unspecified atom stereocenters. The van der Waals surface area contributed by atoms with Gasteiger partial charge in [-0.1, -0.05) is 0 Å². The van der Waals surface area contributed by atoms with E-state index in [0.29, 0.717) is 11.1 Å². The van der Waals surface area contributed by atoms with E-state index >= 15 is 0 Å². The van der Waals surface area contributed by atoms with Crippen LogP contribution < -0.4 is 37.3 Å². The summed E-state index contributed by atoms with van der Waals surface area (Å²) in [6.07, 6.45) is 6.68. The third-order valence-electron chi connectivity index (χ3n) is 4.23. The van der Waals surface area contributed by atoms with Gasteiger partial charge in [0.15, 0.2) is 35.2 Å². The molecule has 246 valence electrons. The molecule has 0 atom stereocenters. The van der Waals surface area contributed by atoms with Crippen LogP contribution in [0.25, 0.3) is 22.5 Å². The summed E-state index contributed by atoms with van der Waals surface area (Å²) in [6, 6.07) is 0. The molecule has 22 nitrogen and oxygen atoms in total. The molecule has 0 fully saturated rings. The molecule has 2 rings (SSSR count). The van der Waals surface area contributed by atoms with Crippen molar-refractivity contribution in [3.8, 4) is 11.4 Å². The van der Waals surface area contributed by atoms with E-state index in [1.54, 1.807) is 100 Å². The maximum absolute atomic E-state index is 12.1. The van der Waals surface area contributed by atoms with E-state index < -0.39 is 41.7 Å². The zero-order chi connectivity index (χ0) is 34.7. The molecule has 0 saturated carbocycles. The Morgan fingerprint density at radius 1 is 0.636 bits per heavy atom. The van der Waals surface area contributed by atoms with Crippen LogP contribution in [-0.4, -0.2) is 118 Å². The van der Waals surface area contributed by atoms with Crippen LogP contribution in [0.1, 0.15) is 11.4 Å². The van der Waals surface area contributed by atoms with E-state index in [1.165, 1.54) is 0 Å². The standard InChI is InChI=1S/C20H30N10O4.2ClHO4/c1-25(2)9-13(10-26(3)4)15-19(29(31)32)17(23-21-15)18-20(30(33)34)16(22-24-18)14(11-27(5)6)12-28(7)8;2*2-1(3,4)5/h9-12H,1-8H3,(H,21,23)(H,22,24);2*(H,2,3,4,5)/q+2;;/p-2. The minimum absolute atomic E-state index is 0.0387. The zero-order valence-electron chi connectivity index (χ0n) is 24.5. The first kappa shape index (κ1) is 39.9. The van der Waals surface area contributed by atoms with E-state index in [4.69, 9.17) is 37.3 Å². The zero-order valence-corrected chi connectivity index (χ0v) is 26.1. The summed E-state index contributed by atoms with van der Waals surface area (Å²) in [5.41, 5.74) is -0.124. The molecule has 24 heteroatoms. The van der Waals surface area contributed by atoms with Crippen LogP contribution in [0, 0.1) is 40.7 Å². The van der Waals surface area contributed by atoms with Crippen LogP contribution >= 0.6 is 0 Å². The van der Waals surface area contributed by atoms with Gasteiger partial charge in [0, 0.05) is 40.6 Å². The molecular formula is C20H30Cl2N10O12. The van der Waals surface area contributed by atoms with Gasteiger partial charge >= 0.3 is 11.4 Å². The van der Waals surface area contributed by atoms with Crippen LogP contribution in [0.3, 0.4) is 0 Å². The van der Waals surface area contributed by atoms with Crippen molar-refractivity contribution >= 4 is 35.0 Å². The highest BCUT2D eigenvalue weighted by molar-refractivity contribution is 6.10. The van der Waals surface area contributed by atoms with E-state index in [2.05, 4.69) is 20.4 Å². The monoisotopic (exact) mass is 672 g/mol. The van der Waals surface area contributed by atoms with Gasteiger partial charge in [0.2, 0.25) is 0 Å². The molecule has 0 aromatic carbocycles. The van der Waals surface area contributed by atoms with E-state index in [-0.39, 0.29) is 22.8 Å². The molecule has 2 heterocycles. The fraction of sp³-hybridized carbons (Fsp3) is 0.400. The third kappa shape index (κ3) is 15.4. The molecule has 0 spiro atoms. The lowest BCUT2D eigenvalue weighted by atomic mass is 10.1. The second-order valence-corrected chi connectivity index (χ2v) is 10.7. The first-order chi connectivity index (χ1) is 19.8. The van der Waals surface area contributed by atoms with Gasteiger partial charge in [-0.2, -0.15) is 10.2 Å². The van der Waals surface area contributed by atoms with Crippen LogP contribution in [0.15, 0.2) is 12.4 Å². The second-order valence-electron chi connectivity index (χ2n) is 9.14. The molecule has 2 aromatic heterocycles. The second kappa shape index (κ2) is 16.7. The van der Waals surface area contributed by atoms with Gasteiger partial charge in [0.1, 0.15) is 28.2 Å². The molecule has 0 aliphatic rings. The maximum Gasteiger partial charge on any atom is 0.324 e. The van der Waals surface area contributed by atoms with Gasteiger partial charge in [0.25, 0.3) is 0 Å². The van der Waals surface area contributed by atoms with E-state index in [9.17, 15) is 20.2 Å². The highest BCUT2D eigenvalue weighted by Gasteiger charge is 2.36. The van der Waals surface area contributed by atoms with E-state index in [1.807, 2.05) is 0 Å². The molecule has 0 bridgehead atoms. The smallest absolute Gasteiger partial charge is 0.324 e. The fourth-order valence-corrected chi connectivity index (χ4v) is 3.20. The van der Waals surface area contributed by atoms with Crippen molar-refractivity contribution in [2.24, 2.45) is 0 Å². The maximum atomic E-state index is 12.1. The molecule has 0 radical (unpaired) electrons. The van der Waals surface area contributed by atoms with Gasteiger partial charge in [-0.15, -0.1) is 20.5 Å². The molecule has 0 aliphatic heterocycles. The Kier molecular flexibility index (Phi) is 15.1. The Morgan fingerprint density at radius 2 is 0.886 bits per heavy atom. The summed E-state index contributed by atoms with van der Waals surface area (Å²) in [7, 11) is 4.29. The topological polar surface area (TPSA) is 341 Å². The number of aromatic amines is 2. The quantitative estimate of drug-likeness (QED) is 0.108. The van der Waals surface area contributed by atoms with E-state index in [0.717, 1.165) is 0 Å². The van der Waals surface area contributed by atoms with Crippen molar-refractivity contribution in [3.63, 3.8) is 0 Å². The number of H-pyrrole nitrogens is 2. The Bertz CT molecular complexity index is 1290. The average Bonchev–Trinajstić information content (AvgIpc) is 3.39. The highest BCUT2D eigenvalue weighted by atomic mass is 35.7. The molecule has 0 aliphatic carbocycles. The van der Waals surface area contributed by atoms with Gasteiger partial charge in [-0.05, 0) is 0 Å². The normalized spacial score (nSPS) is 11.8. The average molecular weight is 673 g/mol. The van der Waals surface area contributed by atoms with Crippen LogP contribution in [0.2, 0.25) is 0 Å². The Labute approximate surface area is 253 Å². The summed E-state index contributed by atoms with van der Waals surface area (Å²) in [4.78, 5) is 26.4. The first-order valence-electron chi connectivity index (χ1n) is 11.3. The van der Waals surface area contributed by atoms with Crippen molar-refractivity contribution < 1.29 is 76.8 Å². The summed E-state index contributed by atoms with van der Waals surface area (Å²) in [6.45, 7) is 0. The van der Waals surface area contributed by atoms with Gasteiger partial charge in [0.05, 0.1) is 21.0 Å². The molecule has 2 aromatic rings. The number of allylic oxidation sites excluding steroid dienone is 2. The number of nitro groups is 2. The number of hydrogen-bond donors (Lipinski definition) is 2. The van der Waals surface area contributed by atoms with Crippen molar-refractivity contribution in [1.82, 2.24) is 30.2 Å². The van der Waals surface area contributed by atoms with Crippen LogP contribution in [0.4, 0.5) is 11.4 Å².